The number of aliphatic hydroxyl groups is 1. The molecule has 7 heteroatoms. The zero-order valence-electron chi connectivity index (χ0n) is 16.9. The third-order valence-electron chi connectivity index (χ3n) is 5.12. The Morgan fingerprint density at radius 2 is 1.70 bits per heavy atom. The van der Waals surface area contributed by atoms with Crippen LogP contribution in [0, 0.1) is 5.41 Å². The number of carboxylic acid groups (broad SMARTS) is 1. The van der Waals surface area contributed by atoms with E-state index in [-0.39, 0.29) is 0 Å². The van der Waals surface area contributed by atoms with E-state index in [9.17, 15) is 14.7 Å². The molecular weight excluding hydrogens is 384 g/mol. The fourth-order valence-electron chi connectivity index (χ4n) is 3.51. The van der Waals surface area contributed by atoms with Crippen LogP contribution >= 0.6 is 0 Å². The van der Waals surface area contributed by atoms with Gasteiger partial charge in [-0.2, -0.15) is 0 Å². The van der Waals surface area contributed by atoms with E-state index in [1.165, 1.54) is 0 Å². The number of carbonyl (C=O) groups excluding carboxylic acids is 1. The molecule has 4 rings (SSSR count). The van der Waals surface area contributed by atoms with E-state index in [0.29, 0.717) is 28.6 Å². The molecule has 0 amide bonds. The Morgan fingerprint density at radius 3 is 2.33 bits per heavy atom. The lowest BCUT2D eigenvalue weighted by molar-refractivity contribution is -0.147. The molecule has 0 fully saturated rings. The Labute approximate surface area is 174 Å². The van der Waals surface area contributed by atoms with E-state index in [4.69, 9.17) is 9.84 Å². The largest absolute Gasteiger partial charge is 0.481 e. The van der Waals surface area contributed by atoms with E-state index in [1.54, 1.807) is 38.2 Å². The lowest BCUT2D eigenvalue weighted by atomic mass is 9.71. The van der Waals surface area contributed by atoms with Gasteiger partial charge >= 0.3 is 5.97 Å². The first-order valence-corrected chi connectivity index (χ1v) is 9.29. The fourth-order valence-corrected chi connectivity index (χ4v) is 3.51. The molecule has 0 spiro atoms. The summed E-state index contributed by atoms with van der Waals surface area (Å²) in [7, 11) is 1.00. The Hall–Kier alpha value is -3.58. The summed E-state index contributed by atoms with van der Waals surface area (Å²) in [6, 6.07) is 14.4. The molecule has 1 aromatic carbocycles. The highest BCUT2D eigenvalue weighted by atomic mass is 16.5. The number of aldehydes is 1. The third-order valence-corrected chi connectivity index (χ3v) is 5.12. The number of carboxylic acids is 1. The van der Waals surface area contributed by atoms with E-state index >= 15 is 0 Å². The molecule has 3 aromatic rings. The van der Waals surface area contributed by atoms with Crippen LogP contribution in [0.1, 0.15) is 41.3 Å². The Kier molecular flexibility index (Phi) is 5.94. The lowest BCUT2D eigenvalue weighted by Gasteiger charge is -2.35. The topological polar surface area (TPSA) is 110 Å². The van der Waals surface area contributed by atoms with E-state index in [2.05, 4.69) is 9.97 Å². The fraction of sp³-hybridized carbons (Fsp3) is 0.217. The summed E-state index contributed by atoms with van der Waals surface area (Å²) in [5, 5.41) is 16.8. The van der Waals surface area contributed by atoms with Crippen molar-refractivity contribution in [1.82, 2.24) is 9.97 Å². The summed E-state index contributed by atoms with van der Waals surface area (Å²) in [4.78, 5) is 31.7. The van der Waals surface area contributed by atoms with Gasteiger partial charge in [0, 0.05) is 41.5 Å². The predicted molar refractivity (Wildman–Crippen MR) is 111 cm³/mol. The summed E-state index contributed by atoms with van der Waals surface area (Å²) in [6.45, 7) is 3.38. The van der Waals surface area contributed by atoms with E-state index in [0.717, 1.165) is 24.5 Å². The molecule has 3 heterocycles. The molecule has 30 heavy (non-hydrogen) atoms. The first-order chi connectivity index (χ1) is 14.4. The normalized spacial score (nSPS) is 14.3. The molecule has 0 aliphatic carbocycles. The minimum Gasteiger partial charge on any atom is -0.481 e. The van der Waals surface area contributed by atoms with Gasteiger partial charge in [0.15, 0.2) is 0 Å². The molecule has 0 saturated carbocycles. The Morgan fingerprint density at radius 1 is 1.03 bits per heavy atom. The number of hydrogen-bond acceptors (Lipinski definition) is 6. The van der Waals surface area contributed by atoms with Crippen molar-refractivity contribution >= 4 is 12.3 Å². The van der Waals surface area contributed by atoms with Gasteiger partial charge in [-0.05, 0) is 26.0 Å². The minimum atomic E-state index is -1.08. The molecule has 154 valence electrons. The van der Waals surface area contributed by atoms with Crippen LogP contribution in [0.3, 0.4) is 0 Å². The maximum atomic E-state index is 12.0. The average molecular weight is 406 g/mol. The quantitative estimate of drug-likeness (QED) is 0.632. The van der Waals surface area contributed by atoms with Crippen LogP contribution in [0.15, 0.2) is 54.7 Å². The smallest absolute Gasteiger partial charge is 0.310 e. The number of ether oxygens (including phenoxy) is 1. The van der Waals surface area contributed by atoms with Crippen LogP contribution in [0.2, 0.25) is 0 Å². The zero-order chi connectivity index (χ0) is 21.9. The van der Waals surface area contributed by atoms with Crippen molar-refractivity contribution in [2.45, 2.75) is 19.8 Å². The standard InChI is InChI=1S/C22H18N2O4.CH4O/c1-22(2,21(26)27)18-15-4-3-11-23-19(15)28-20-16(18)9-10-17(24-20)14-7-5-13(12-25)6-8-14;1-2/h3-12,18H,1-2H3,(H,26,27);2H,1H3. The zero-order valence-corrected chi connectivity index (χ0v) is 16.9. The highest BCUT2D eigenvalue weighted by molar-refractivity contribution is 5.78. The maximum Gasteiger partial charge on any atom is 0.310 e. The van der Waals surface area contributed by atoms with Crippen molar-refractivity contribution < 1.29 is 24.5 Å². The number of aliphatic hydroxyl groups excluding tert-OH is 1. The van der Waals surface area contributed by atoms with E-state index < -0.39 is 17.3 Å². The van der Waals surface area contributed by atoms with Gasteiger partial charge in [0.05, 0.1) is 11.1 Å². The summed E-state index contributed by atoms with van der Waals surface area (Å²) < 4.78 is 5.92. The van der Waals surface area contributed by atoms with Crippen LogP contribution in [0.25, 0.3) is 11.3 Å². The van der Waals surface area contributed by atoms with Crippen molar-refractivity contribution in [2.75, 3.05) is 7.11 Å². The predicted octanol–water partition coefficient (Wildman–Crippen LogP) is 3.91. The first kappa shape index (κ1) is 21.1. The van der Waals surface area contributed by atoms with Gasteiger partial charge in [-0.25, -0.2) is 9.97 Å². The highest BCUT2D eigenvalue weighted by Crippen LogP contribution is 2.50. The molecule has 7 nitrogen and oxygen atoms in total. The second-order valence-electron chi connectivity index (χ2n) is 7.29. The lowest BCUT2D eigenvalue weighted by Crippen LogP contribution is -2.34. The molecule has 2 N–H and O–H groups in total. The molecule has 0 radical (unpaired) electrons. The number of carbonyl (C=O) groups is 2. The number of benzene rings is 1. The van der Waals surface area contributed by atoms with Crippen molar-refractivity contribution in [3.05, 3.63) is 71.4 Å². The number of aromatic nitrogens is 2. The molecule has 1 unspecified atom stereocenters. The first-order valence-electron chi connectivity index (χ1n) is 9.29. The minimum absolute atomic E-state index is 0.350. The Balaban J connectivity index is 0.00000124. The van der Waals surface area contributed by atoms with E-state index in [1.807, 2.05) is 30.3 Å². The summed E-state index contributed by atoms with van der Waals surface area (Å²) >= 11 is 0. The molecule has 1 atom stereocenters. The number of fused-ring (bicyclic) bond motifs is 2. The summed E-state index contributed by atoms with van der Waals surface area (Å²) in [6.07, 6.45) is 2.39. The third kappa shape index (κ3) is 3.67. The monoisotopic (exact) mass is 406 g/mol. The van der Waals surface area contributed by atoms with Gasteiger partial charge in [-0.3, -0.25) is 9.59 Å². The van der Waals surface area contributed by atoms with Crippen molar-refractivity contribution in [3.63, 3.8) is 0 Å². The van der Waals surface area contributed by atoms with Gasteiger partial charge in [0.1, 0.15) is 6.29 Å². The van der Waals surface area contributed by atoms with Crippen LogP contribution in [0.4, 0.5) is 0 Å². The second kappa shape index (κ2) is 8.42. The number of pyridine rings is 2. The average Bonchev–Trinajstić information content (AvgIpc) is 2.78. The van der Waals surface area contributed by atoms with Crippen molar-refractivity contribution in [1.29, 1.82) is 0 Å². The van der Waals surface area contributed by atoms with Gasteiger partial charge in [-0.1, -0.05) is 36.4 Å². The molecule has 2 aromatic heterocycles. The number of nitrogens with zero attached hydrogens (tertiary/aromatic N) is 2. The maximum absolute atomic E-state index is 12.0. The summed E-state index contributed by atoms with van der Waals surface area (Å²) in [5.74, 6) is -0.636. The van der Waals surface area contributed by atoms with Gasteiger partial charge in [0.2, 0.25) is 11.8 Å². The van der Waals surface area contributed by atoms with Gasteiger partial charge < -0.3 is 14.9 Å². The molecular formula is C23H22N2O5. The number of rotatable bonds is 4. The van der Waals surface area contributed by atoms with Gasteiger partial charge in [0.25, 0.3) is 0 Å². The highest BCUT2D eigenvalue weighted by Gasteiger charge is 2.44. The molecule has 0 bridgehead atoms. The Bertz CT molecular complexity index is 1080. The number of aliphatic carboxylic acids is 1. The molecule has 1 aliphatic heterocycles. The second-order valence-corrected chi connectivity index (χ2v) is 7.29. The molecule has 1 aliphatic rings. The molecule has 0 saturated heterocycles. The van der Waals surface area contributed by atoms with Crippen molar-refractivity contribution in [2.24, 2.45) is 5.41 Å². The van der Waals surface area contributed by atoms with Gasteiger partial charge in [-0.15, -0.1) is 0 Å². The van der Waals surface area contributed by atoms with Crippen LogP contribution in [0.5, 0.6) is 11.8 Å². The van der Waals surface area contributed by atoms with Crippen LogP contribution < -0.4 is 4.74 Å². The van der Waals surface area contributed by atoms with Crippen LogP contribution in [-0.2, 0) is 4.79 Å². The van der Waals surface area contributed by atoms with Crippen LogP contribution in [-0.4, -0.2) is 39.5 Å². The number of hydrogen-bond donors (Lipinski definition) is 2. The summed E-state index contributed by atoms with van der Waals surface area (Å²) in [5.41, 5.74) is 2.44. The van der Waals surface area contributed by atoms with Crippen molar-refractivity contribution in [3.8, 4) is 23.0 Å². The SMILES string of the molecule is CC(C)(C(=O)O)C1c2cccnc2Oc2nc(-c3ccc(C=O)cc3)ccc21.CO.